The zero-order valence-electron chi connectivity index (χ0n) is 15.3. The minimum atomic E-state index is -5.15. The van der Waals surface area contributed by atoms with Gasteiger partial charge in [-0.2, -0.15) is 26.3 Å². The maximum Gasteiger partial charge on any atom is 0.401 e. The third-order valence-corrected chi connectivity index (χ3v) is 4.26. The Morgan fingerprint density at radius 3 is 1.24 bits per heavy atom. The van der Waals surface area contributed by atoms with Gasteiger partial charge in [-0.3, -0.25) is 0 Å². The fourth-order valence-electron chi connectivity index (χ4n) is 2.93. The molecule has 2 aromatic rings. The van der Waals surface area contributed by atoms with E-state index in [0.29, 0.717) is 0 Å². The molecule has 0 radical (unpaired) electrons. The van der Waals surface area contributed by atoms with Gasteiger partial charge >= 0.3 is 12.4 Å². The number of hydrogen-bond acceptors (Lipinski definition) is 4. The molecule has 158 valence electrons. The molecular formula is C19H17F6NO3. The Hall–Kier alpha value is -2.91. The monoisotopic (exact) mass is 421 g/mol. The van der Waals surface area contributed by atoms with E-state index >= 15 is 0 Å². The number of nitrogens with zero attached hydrogens (tertiary/aromatic N) is 1. The van der Waals surface area contributed by atoms with Gasteiger partial charge < -0.3 is 14.7 Å². The average molecular weight is 421 g/mol. The van der Waals surface area contributed by atoms with Gasteiger partial charge in [0.25, 0.3) is 0 Å². The second-order valence-electron chi connectivity index (χ2n) is 6.02. The second-order valence-corrected chi connectivity index (χ2v) is 6.02. The molecule has 2 unspecified atom stereocenters. The molecule has 0 amide bonds. The summed E-state index contributed by atoms with van der Waals surface area (Å²) in [4.78, 5) is 0. The lowest BCUT2D eigenvalue weighted by molar-refractivity contribution is -0.148. The summed E-state index contributed by atoms with van der Waals surface area (Å²) in [5.74, 6) is -5.13. The molecule has 0 saturated heterocycles. The van der Waals surface area contributed by atoms with Crippen LogP contribution in [0.15, 0.2) is 53.7 Å². The number of ether oxygens (including phenoxy) is 2. The third kappa shape index (κ3) is 5.12. The topological polar surface area (TPSA) is 51.0 Å². The van der Waals surface area contributed by atoms with Crippen LogP contribution in [-0.2, 0) is 0 Å². The van der Waals surface area contributed by atoms with E-state index in [9.17, 15) is 31.5 Å². The summed E-state index contributed by atoms with van der Waals surface area (Å²) in [6, 6.07) is 8.62. The first-order valence-corrected chi connectivity index (χ1v) is 8.16. The zero-order chi connectivity index (χ0) is 21.8. The number of halogens is 6. The standard InChI is InChI=1S/C19H17F6NO3/c1-28-13-7-3-11(4-8-13)15(18(20,21)22)17(26-27)16(19(23,24)25)12-5-9-14(29-2)10-6-12/h3-10,15-16,27H,1-2H3. The van der Waals surface area contributed by atoms with E-state index in [2.05, 4.69) is 5.16 Å². The predicted octanol–water partition coefficient (Wildman–Crippen LogP) is 5.53. The van der Waals surface area contributed by atoms with Crippen molar-refractivity contribution in [3.8, 4) is 11.5 Å². The van der Waals surface area contributed by atoms with Gasteiger partial charge in [0.2, 0.25) is 0 Å². The minimum absolute atomic E-state index is 0.222. The Morgan fingerprint density at radius 2 is 1.03 bits per heavy atom. The number of alkyl halides is 6. The third-order valence-electron chi connectivity index (χ3n) is 4.26. The Kier molecular flexibility index (Phi) is 6.66. The van der Waals surface area contributed by atoms with Gasteiger partial charge in [0, 0.05) is 0 Å². The highest BCUT2D eigenvalue weighted by Crippen LogP contribution is 2.45. The van der Waals surface area contributed by atoms with E-state index in [1.807, 2.05) is 0 Å². The molecule has 2 atom stereocenters. The van der Waals surface area contributed by atoms with Crippen LogP contribution in [0.1, 0.15) is 23.0 Å². The zero-order valence-corrected chi connectivity index (χ0v) is 15.3. The Bertz CT molecular complexity index is 762. The highest BCUT2D eigenvalue weighted by molar-refractivity contribution is 5.97. The van der Waals surface area contributed by atoms with Gasteiger partial charge in [-0.15, -0.1) is 0 Å². The Labute approximate surface area is 162 Å². The summed E-state index contributed by atoms with van der Waals surface area (Å²) < 4.78 is 92.5. The smallest absolute Gasteiger partial charge is 0.401 e. The molecule has 0 aromatic heterocycles. The number of methoxy groups -OCH3 is 2. The van der Waals surface area contributed by atoms with Crippen LogP contribution < -0.4 is 9.47 Å². The molecule has 29 heavy (non-hydrogen) atoms. The molecule has 4 nitrogen and oxygen atoms in total. The molecule has 10 heteroatoms. The molecule has 0 aliphatic heterocycles. The highest BCUT2D eigenvalue weighted by atomic mass is 19.4. The highest BCUT2D eigenvalue weighted by Gasteiger charge is 2.54. The first-order valence-electron chi connectivity index (χ1n) is 8.16. The molecule has 0 bridgehead atoms. The summed E-state index contributed by atoms with van der Waals surface area (Å²) in [6.45, 7) is 0. The fraction of sp³-hybridized carbons (Fsp3) is 0.316. The van der Waals surface area contributed by atoms with Crippen LogP contribution in [0.5, 0.6) is 11.5 Å². The second kappa shape index (κ2) is 8.62. The van der Waals surface area contributed by atoms with E-state index in [0.717, 1.165) is 24.3 Å². The largest absolute Gasteiger partial charge is 0.497 e. The van der Waals surface area contributed by atoms with Crippen molar-refractivity contribution in [2.24, 2.45) is 5.16 Å². The lowest BCUT2D eigenvalue weighted by Gasteiger charge is -2.29. The fourth-order valence-corrected chi connectivity index (χ4v) is 2.93. The van der Waals surface area contributed by atoms with Crippen molar-refractivity contribution in [2.75, 3.05) is 14.2 Å². The molecule has 0 aliphatic rings. The van der Waals surface area contributed by atoms with Crippen molar-refractivity contribution in [3.63, 3.8) is 0 Å². The maximum absolute atomic E-state index is 13.8. The first kappa shape index (κ1) is 22.4. The van der Waals surface area contributed by atoms with Crippen LogP contribution in [0.3, 0.4) is 0 Å². The molecule has 2 rings (SSSR count). The maximum atomic E-state index is 13.8. The van der Waals surface area contributed by atoms with Gasteiger partial charge in [0.15, 0.2) is 0 Å². The van der Waals surface area contributed by atoms with Crippen molar-refractivity contribution in [3.05, 3.63) is 59.7 Å². The van der Waals surface area contributed by atoms with Crippen LogP contribution in [0, 0.1) is 0 Å². The van der Waals surface area contributed by atoms with E-state index in [4.69, 9.17) is 9.47 Å². The van der Waals surface area contributed by atoms with E-state index in [-0.39, 0.29) is 11.5 Å². The van der Waals surface area contributed by atoms with Crippen molar-refractivity contribution in [1.82, 2.24) is 0 Å². The van der Waals surface area contributed by atoms with Crippen molar-refractivity contribution < 1.29 is 41.0 Å². The van der Waals surface area contributed by atoms with Crippen molar-refractivity contribution in [2.45, 2.75) is 24.2 Å². The van der Waals surface area contributed by atoms with Crippen molar-refractivity contribution in [1.29, 1.82) is 0 Å². The van der Waals surface area contributed by atoms with E-state index in [1.54, 1.807) is 0 Å². The Balaban J connectivity index is 2.62. The quantitative estimate of drug-likeness (QED) is 0.289. The summed E-state index contributed by atoms with van der Waals surface area (Å²) in [5, 5.41) is 11.7. The summed E-state index contributed by atoms with van der Waals surface area (Å²) in [5.41, 5.74) is -2.52. The SMILES string of the molecule is COc1ccc(C(C(=NO)C(c2ccc(OC)cc2)C(F)(F)F)C(F)(F)F)cc1. The Morgan fingerprint density at radius 1 is 0.724 bits per heavy atom. The molecule has 0 saturated carbocycles. The van der Waals surface area contributed by atoms with E-state index in [1.165, 1.54) is 38.5 Å². The first-order chi connectivity index (χ1) is 13.5. The van der Waals surface area contributed by atoms with Gasteiger partial charge in [0.05, 0.1) is 19.9 Å². The number of rotatable bonds is 6. The van der Waals surface area contributed by atoms with Crippen LogP contribution >= 0.6 is 0 Å². The van der Waals surface area contributed by atoms with Crippen LogP contribution in [0.25, 0.3) is 0 Å². The summed E-state index contributed by atoms with van der Waals surface area (Å²) in [7, 11) is 2.58. The molecule has 1 N–H and O–H groups in total. The molecule has 0 fully saturated rings. The van der Waals surface area contributed by atoms with E-state index < -0.39 is 41.0 Å². The van der Waals surface area contributed by atoms with Gasteiger partial charge in [0.1, 0.15) is 23.3 Å². The lowest BCUT2D eigenvalue weighted by Crippen LogP contribution is -2.38. The number of hydrogen-bond donors (Lipinski definition) is 1. The van der Waals surface area contributed by atoms with Crippen LogP contribution in [0.2, 0.25) is 0 Å². The van der Waals surface area contributed by atoms with Crippen LogP contribution in [0.4, 0.5) is 26.3 Å². The minimum Gasteiger partial charge on any atom is -0.497 e. The molecule has 0 spiro atoms. The average Bonchev–Trinajstić information content (AvgIpc) is 2.66. The molecule has 2 aromatic carbocycles. The lowest BCUT2D eigenvalue weighted by atomic mass is 9.82. The summed E-state index contributed by atoms with van der Waals surface area (Å²) in [6.07, 6.45) is -10.3. The molecule has 0 heterocycles. The van der Waals surface area contributed by atoms with Crippen LogP contribution in [-0.4, -0.2) is 37.5 Å². The normalized spacial score (nSPS) is 14.1. The van der Waals surface area contributed by atoms with Crippen molar-refractivity contribution >= 4 is 5.71 Å². The molecular weight excluding hydrogens is 404 g/mol. The number of oxime groups is 1. The predicted molar refractivity (Wildman–Crippen MR) is 92.8 cm³/mol. The van der Waals surface area contributed by atoms with Gasteiger partial charge in [-0.05, 0) is 35.4 Å². The summed E-state index contributed by atoms with van der Waals surface area (Å²) >= 11 is 0. The molecule has 0 aliphatic carbocycles. The van der Waals surface area contributed by atoms with Gasteiger partial charge in [-0.25, -0.2) is 0 Å². The van der Waals surface area contributed by atoms with Gasteiger partial charge in [-0.1, -0.05) is 29.4 Å². The number of benzene rings is 2.